The Labute approximate surface area is 123 Å². The van der Waals surface area contributed by atoms with Gasteiger partial charge in [-0.3, -0.25) is 0 Å². The minimum Gasteiger partial charge on any atom is -0.497 e. The molecule has 1 N–H and O–H groups in total. The highest BCUT2D eigenvalue weighted by Crippen LogP contribution is 2.34. The van der Waals surface area contributed by atoms with Crippen LogP contribution in [-0.2, 0) is 0 Å². The van der Waals surface area contributed by atoms with E-state index in [-0.39, 0.29) is 0 Å². The molecule has 5 heteroatoms. The molecule has 0 aliphatic carbocycles. The molecule has 4 nitrogen and oxygen atoms in total. The molecule has 2 rings (SSSR count). The van der Waals surface area contributed by atoms with Crippen molar-refractivity contribution in [2.75, 3.05) is 26.1 Å². The van der Waals surface area contributed by atoms with Gasteiger partial charge in [0.1, 0.15) is 11.5 Å². The fraction of sp³-hybridized carbons (Fsp3) is 0.400. The van der Waals surface area contributed by atoms with Crippen LogP contribution in [-0.4, -0.2) is 25.7 Å². The van der Waals surface area contributed by atoms with Crippen LogP contribution in [0, 0.1) is 5.92 Å². The molecule has 1 aromatic heterocycles. The lowest BCUT2D eigenvalue weighted by Crippen LogP contribution is -2.07. The molecular weight excluding hydrogens is 272 g/mol. The zero-order chi connectivity index (χ0) is 14.5. The van der Waals surface area contributed by atoms with Crippen LogP contribution in [0.1, 0.15) is 13.8 Å². The normalized spacial score (nSPS) is 10.7. The molecule has 0 aliphatic rings. The third-order valence-electron chi connectivity index (χ3n) is 2.80. The van der Waals surface area contributed by atoms with Crippen LogP contribution in [0.25, 0.3) is 10.4 Å². The Balaban J connectivity index is 2.22. The van der Waals surface area contributed by atoms with Crippen LogP contribution >= 0.6 is 11.3 Å². The van der Waals surface area contributed by atoms with Crippen LogP contribution in [0.4, 0.5) is 5.13 Å². The van der Waals surface area contributed by atoms with Gasteiger partial charge in [0.25, 0.3) is 0 Å². The fourth-order valence-electron chi connectivity index (χ4n) is 1.73. The molecule has 0 bridgehead atoms. The molecule has 0 spiro atoms. The van der Waals surface area contributed by atoms with Crippen molar-refractivity contribution in [2.24, 2.45) is 5.92 Å². The Hall–Kier alpha value is -1.75. The fourth-order valence-corrected chi connectivity index (χ4v) is 2.54. The first-order chi connectivity index (χ1) is 9.62. The number of rotatable bonds is 6. The van der Waals surface area contributed by atoms with E-state index in [9.17, 15) is 0 Å². The van der Waals surface area contributed by atoms with Crippen LogP contribution in [0.2, 0.25) is 0 Å². The highest BCUT2D eigenvalue weighted by Gasteiger charge is 2.08. The van der Waals surface area contributed by atoms with Gasteiger partial charge in [-0.1, -0.05) is 25.2 Å². The molecule has 108 valence electrons. The molecule has 2 aromatic rings. The minimum absolute atomic E-state index is 0.597. The second-order valence-corrected chi connectivity index (χ2v) is 5.94. The third kappa shape index (κ3) is 3.63. The number of nitrogens with zero attached hydrogens (tertiary/aromatic N) is 1. The molecule has 0 aliphatic heterocycles. The third-order valence-corrected chi connectivity index (χ3v) is 3.81. The number of anilines is 1. The van der Waals surface area contributed by atoms with Gasteiger partial charge in [0, 0.05) is 24.4 Å². The Kier molecular flexibility index (Phi) is 4.84. The monoisotopic (exact) mass is 292 g/mol. The summed E-state index contributed by atoms with van der Waals surface area (Å²) in [6.07, 6.45) is 1.88. The molecule has 0 saturated carbocycles. The molecule has 0 radical (unpaired) electrons. The van der Waals surface area contributed by atoms with Gasteiger partial charge in [-0.2, -0.15) is 0 Å². The van der Waals surface area contributed by atoms with E-state index in [0.717, 1.165) is 33.6 Å². The van der Waals surface area contributed by atoms with Gasteiger partial charge >= 0.3 is 0 Å². The maximum absolute atomic E-state index is 5.29. The van der Waals surface area contributed by atoms with Crippen molar-refractivity contribution in [3.63, 3.8) is 0 Å². The first kappa shape index (κ1) is 14.7. The number of thiazole rings is 1. The smallest absolute Gasteiger partial charge is 0.183 e. The predicted molar refractivity (Wildman–Crippen MR) is 84.0 cm³/mol. The van der Waals surface area contributed by atoms with Crippen molar-refractivity contribution in [3.8, 4) is 21.9 Å². The average Bonchev–Trinajstić information content (AvgIpc) is 2.93. The summed E-state index contributed by atoms with van der Waals surface area (Å²) in [6, 6.07) is 5.84. The van der Waals surface area contributed by atoms with E-state index in [4.69, 9.17) is 9.47 Å². The van der Waals surface area contributed by atoms with E-state index in [1.165, 1.54) is 0 Å². The Morgan fingerprint density at radius 1 is 1.15 bits per heavy atom. The number of hydrogen-bond acceptors (Lipinski definition) is 5. The van der Waals surface area contributed by atoms with E-state index < -0.39 is 0 Å². The van der Waals surface area contributed by atoms with Crippen molar-refractivity contribution in [1.82, 2.24) is 4.98 Å². The number of methoxy groups -OCH3 is 2. The van der Waals surface area contributed by atoms with E-state index in [1.54, 1.807) is 25.6 Å². The van der Waals surface area contributed by atoms with Crippen LogP contribution in [0.5, 0.6) is 11.5 Å². The quantitative estimate of drug-likeness (QED) is 0.877. The van der Waals surface area contributed by atoms with E-state index >= 15 is 0 Å². The minimum atomic E-state index is 0.597. The largest absolute Gasteiger partial charge is 0.497 e. The summed E-state index contributed by atoms with van der Waals surface area (Å²) in [7, 11) is 3.31. The summed E-state index contributed by atoms with van der Waals surface area (Å²) in [5.74, 6) is 2.16. The molecule has 0 amide bonds. The highest BCUT2D eigenvalue weighted by atomic mass is 32.1. The van der Waals surface area contributed by atoms with Gasteiger partial charge in [0.2, 0.25) is 0 Å². The Morgan fingerprint density at radius 2 is 1.80 bits per heavy atom. The Morgan fingerprint density at radius 3 is 2.35 bits per heavy atom. The molecular formula is C15H20N2O2S. The molecule has 1 heterocycles. The SMILES string of the molecule is COc1cc(OC)cc(-c2cnc(NCC(C)C)s2)c1. The average molecular weight is 292 g/mol. The predicted octanol–water partition coefficient (Wildman–Crippen LogP) is 3.90. The number of hydrogen-bond donors (Lipinski definition) is 1. The zero-order valence-electron chi connectivity index (χ0n) is 12.3. The number of ether oxygens (including phenoxy) is 2. The summed E-state index contributed by atoms with van der Waals surface area (Å²) in [5, 5.41) is 4.28. The summed E-state index contributed by atoms with van der Waals surface area (Å²) in [5.41, 5.74) is 1.05. The van der Waals surface area contributed by atoms with E-state index in [2.05, 4.69) is 24.1 Å². The van der Waals surface area contributed by atoms with Gasteiger partial charge in [0.05, 0.1) is 19.1 Å². The number of aromatic nitrogens is 1. The second-order valence-electron chi connectivity index (χ2n) is 4.91. The van der Waals surface area contributed by atoms with Gasteiger partial charge < -0.3 is 14.8 Å². The summed E-state index contributed by atoms with van der Waals surface area (Å²) in [6.45, 7) is 5.28. The molecule has 1 aromatic carbocycles. The van der Waals surface area contributed by atoms with E-state index in [0.29, 0.717) is 5.92 Å². The summed E-state index contributed by atoms with van der Waals surface area (Å²) >= 11 is 1.63. The topological polar surface area (TPSA) is 43.4 Å². The standard InChI is InChI=1S/C15H20N2O2S/c1-10(2)8-16-15-17-9-14(20-15)11-5-12(18-3)7-13(6-11)19-4/h5-7,9-10H,8H2,1-4H3,(H,16,17). The van der Waals surface area contributed by atoms with Gasteiger partial charge in [-0.05, 0) is 18.1 Å². The van der Waals surface area contributed by atoms with Crippen LogP contribution in [0.3, 0.4) is 0 Å². The number of nitrogens with one attached hydrogen (secondary N) is 1. The lowest BCUT2D eigenvalue weighted by atomic mass is 10.2. The lowest BCUT2D eigenvalue weighted by molar-refractivity contribution is 0.394. The van der Waals surface area contributed by atoms with Crippen LogP contribution < -0.4 is 14.8 Å². The Bertz CT molecular complexity index is 545. The molecule has 0 unspecified atom stereocenters. The molecule has 0 fully saturated rings. The molecule has 20 heavy (non-hydrogen) atoms. The van der Waals surface area contributed by atoms with Crippen molar-refractivity contribution in [1.29, 1.82) is 0 Å². The van der Waals surface area contributed by atoms with Crippen molar-refractivity contribution < 1.29 is 9.47 Å². The van der Waals surface area contributed by atoms with Crippen LogP contribution in [0.15, 0.2) is 24.4 Å². The molecule has 0 atom stereocenters. The van der Waals surface area contributed by atoms with Gasteiger partial charge in [-0.25, -0.2) is 4.98 Å². The summed E-state index contributed by atoms with van der Waals surface area (Å²) < 4.78 is 10.6. The maximum Gasteiger partial charge on any atom is 0.183 e. The first-order valence-corrected chi connectivity index (χ1v) is 7.37. The first-order valence-electron chi connectivity index (χ1n) is 6.55. The van der Waals surface area contributed by atoms with Gasteiger partial charge in [0.15, 0.2) is 5.13 Å². The maximum atomic E-state index is 5.29. The van der Waals surface area contributed by atoms with Crippen molar-refractivity contribution in [2.45, 2.75) is 13.8 Å². The van der Waals surface area contributed by atoms with Crippen molar-refractivity contribution >= 4 is 16.5 Å². The molecule has 0 saturated heterocycles. The number of benzene rings is 1. The summed E-state index contributed by atoms with van der Waals surface area (Å²) in [4.78, 5) is 5.49. The van der Waals surface area contributed by atoms with E-state index in [1.807, 2.05) is 24.4 Å². The highest BCUT2D eigenvalue weighted by molar-refractivity contribution is 7.18. The van der Waals surface area contributed by atoms with Crippen molar-refractivity contribution in [3.05, 3.63) is 24.4 Å². The second kappa shape index (κ2) is 6.61. The lowest BCUT2D eigenvalue weighted by Gasteiger charge is -2.07. The van der Waals surface area contributed by atoms with Gasteiger partial charge in [-0.15, -0.1) is 0 Å². The zero-order valence-corrected chi connectivity index (χ0v) is 13.1.